The Morgan fingerprint density at radius 1 is 1.23 bits per heavy atom. The molecular formula is C17H21NO4. The van der Waals surface area contributed by atoms with Gasteiger partial charge in [0.05, 0.1) is 17.7 Å². The van der Waals surface area contributed by atoms with Crippen molar-refractivity contribution in [1.29, 1.82) is 0 Å². The van der Waals surface area contributed by atoms with Crippen molar-refractivity contribution >= 4 is 23.0 Å². The highest BCUT2D eigenvalue weighted by molar-refractivity contribution is 5.98. The van der Waals surface area contributed by atoms with Gasteiger partial charge in [-0.2, -0.15) is 0 Å². The Kier molecular flexibility index (Phi) is 4.26. The van der Waals surface area contributed by atoms with Crippen LogP contribution in [0.4, 0.5) is 4.79 Å². The normalized spacial score (nSPS) is 11.5. The highest BCUT2D eigenvalue weighted by Gasteiger charge is 2.20. The van der Waals surface area contributed by atoms with Crippen LogP contribution in [0.1, 0.15) is 43.6 Å². The second-order valence-electron chi connectivity index (χ2n) is 6.11. The Morgan fingerprint density at radius 2 is 1.91 bits per heavy atom. The number of aryl methyl sites for hydroxylation is 1. The molecule has 0 bridgehead atoms. The summed E-state index contributed by atoms with van der Waals surface area (Å²) in [5, 5.41) is 0.902. The van der Waals surface area contributed by atoms with E-state index in [0.29, 0.717) is 17.7 Å². The van der Waals surface area contributed by atoms with Gasteiger partial charge < -0.3 is 9.47 Å². The molecule has 1 aromatic carbocycles. The summed E-state index contributed by atoms with van der Waals surface area (Å²) < 4.78 is 11.8. The highest BCUT2D eigenvalue weighted by Crippen LogP contribution is 2.23. The molecule has 2 aromatic rings. The van der Waals surface area contributed by atoms with Crippen molar-refractivity contribution in [3.05, 3.63) is 35.5 Å². The maximum Gasteiger partial charge on any atom is 0.418 e. The predicted molar refractivity (Wildman–Crippen MR) is 84.3 cm³/mol. The van der Waals surface area contributed by atoms with E-state index >= 15 is 0 Å². The van der Waals surface area contributed by atoms with Gasteiger partial charge in [0.25, 0.3) is 0 Å². The summed E-state index contributed by atoms with van der Waals surface area (Å²) >= 11 is 0. The van der Waals surface area contributed by atoms with Gasteiger partial charge in [-0.25, -0.2) is 9.59 Å². The summed E-state index contributed by atoms with van der Waals surface area (Å²) in [6.07, 6.45) is 1.18. The van der Waals surface area contributed by atoms with E-state index in [-0.39, 0.29) is 0 Å². The van der Waals surface area contributed by atoms with Gasteiger partial charge in [0.2, 0.25) is 0 Å². The predicted octanol–water partition coefficient (Wildman–Crippen LogP) is 3.91. The third-order valence-corrected chi connectivity index (χ3v) is 3.12. The van der Waals surface area contributed by atoms with Crippen LogP contribution in [-0.4, -0.2) is 28.8 Å². The molecule has 0 saturated carbocycles. The molecular weight excluding hydrogens is 282 g/mol. The van der Waals surface area contributed by atoms with Gasteiger partial charge in [0, 0.05) is 11.6 Å². The lowest BCUT2D eigenvalue weighted by Gasteiger charge is -2.20. The molecule has 5 heteroatoms. The van der Waals surface area contributed by atoms with E-state index < -0.39 is 17.7 Å². The first-order valence-corrected chi connectivity index (χ1v) is 7.25. The van der Waals surface area contributed by atoms with Crippen molar-refractivity contribution in [2.45, 2.75) is 40.2 Å². The van der Waals surface area contributed by atoms with Crippen molar-refractivity contribution in [2.24, 2.45) is 0 Å². The summed E-state index contributed by atoms with van der Waals surface area (Å²) in [6.45, 7) is 9.39. The number of carbonyl (C=O) groups is 2. The maximum absolute atomic E-state index is 12.3. The first-order valence-electron chi connectivity index (χ1n) is 7.25. The molecule has 5 nitrogen and oxygen atoms in total. The number of esters is 1. The second kappa shape index (κ2) is 5.83. The molecule has 0 radical (unpaired) electrons. The number of rotatable bonds is 2. The van der Waals surface area contributed by atoms with Crippen LogP contribution in [0.3, 0.4) is 0 Å². The number of hydrogen-bond acceptors (Lipinski definition) is 4. The van der Waals surface area contributed by atoms with Crippen LogP contribution in [0.15, 0.2) is 24.4 Å². The molecule has 1 aromatic heterocycles. The molecule has 0 N–H and O–H groups in total. The Balaban J connectivity index is 2.49. The summed E-state index contributed by atoms with van der Waals surface area (Å²) in [6, 6.07) is 5.26. The Morgan fingerprint density at radius 3 is 2.50 bits per heavy atom. The zero-order chi connectivity index (χ0) is 16.5. The standard InChI is InChI=1S/C17H21NO4/c1-6-21-15(19)12-9-11(2)13-7-8-18(14(13)10-12)16(20)22-17(3,4)5/h7-10H,6H2,1-5H3. The smallest absolute Gasteiger partial charge is 0.418 e. The van der Waals surface area contributed by atoms with Gasteiger partial charge >= 0.3 is 12.1 Å². The largest absolute Gasteiger partial charge is 0.462 e. The molecule has 0 aliphatic rings. The van der Waals surface area contributed by atoms with E-state index in [4.69, 9.17) is 9.47 Å². The average molecular weight is 303 g/mol. The maximum atomic E-state index is 12.3. The summed E-state index contributed by atoms with van der Waals surface area (Å²) in [5.41, 5.74) is 1.39. The SMILES string of the molecule is CCOC(=O)c1cc(C)c2ccn(C(=O)OC(C)(C)C)c2c1. The number of ether oxygens (including phenoxy) is 2. The molecule has 1 heterocycles. The lowest BCUT2D eigenvalue weighted by atomic mass is 10.1. The molecule has 118 valence electrons. The summed E-state index contributed by atoms with van der Waals surface area (Å²) in [7, 11) is 0. The zero-order valence-corrected chi connectivity index (χ0v) is 13.6. The van der Waals surface area contributed by atoms with Crippen LogP contribution in [0.25, 0.3) is 10.9 Å². The van der Waals surface area contributed by atoms with Crippen LogP contribution in [0.5, 0.6) is 0 Å². The Labute approximate surface area is 129 Å². The third-order valence-electron chi connectivity index (χ3n) is 3.12. The molecule has 0 saturated heterocycles. The Bertz CT molecular complexity index is 722. The topological polar surface area (TPSA) is 57.5 Å². The van der Waals surface area contributed by atoms with Gasteiger partial charge in [0.1, 0.15) is 5.60 Å². The van der Waals surface area contributed by atoms with Crippen molar-refractivity contribution in [2.75, 3.05) is 6.61 Å². The van der Waals surface area contributed by atoms with E-state index in [1.165, 1.54) is 4.57 Å². The summed E-state index contributed by atoms with van der Waals surface area (Å²) in [4.78, 5) is 24.2. The van der Waals surface area contributed by atoms with Gasteiger partial charge in [-0.1, -0.05) is 0 Å². The number of hydrogen-bond donors (Lipinski definition) is 0. The van der Waals surface area contributed by atoms with Gasteiger partial charge in [0.15, 0.2) is 0 Å². The van der Waals surface area contributed by atoms with Crippen LogP contribution >= 0.6 is 0 Å². The first kappa shape index (κ1) is 16.1. The molecule has 0 amide bonds. The van der Waals surface area contributed by atoms with Gasteiger partial charge in [-0.3, -0.25) is 4.57 Å². The van der Waals surface area contributed by atoms with E-state index in [9.17, 15) is 9.59 Å². The molecule has 0 atom stereocenters. The fraction of sp³-hybridized carbons (Fsp3) is 0.412. The third kappa shape index (κ3) is 3.30. The van der Waals surface area contributed by atoms with E-state index in [0.717, 1.165) is 10.9 Å². The van der Waals surface area contributed by atoms with E-state index in [1.54, 1.807) is 25.3 Å². The number of nitrogens with zero attached hydrogens (tertiary/aromatic N) is 1. The number of fused-ring (bicyclic) bond motifs is 1. The van der Waals surface area contributed by atoms with Crippen LogP contribution in [0, 0.1) is 6.92 Å². The first-order chi connectivity index (χ1) is 10.2. The lowest BCUT2D eigenvalue weighted by Crippen LogP contribution is -2.26. The van der Waals surface area contributed by atoms with E-state index in [2.05, 4.69) is 0 Å². The molecule has 2 rings (SSSR count). The van der Waals surface area contributed by atoms with Gasteiger partial charge in [-0.15, -0.1) is 0 Å². The molecule has 22 heavy (non-hydrogen) atoms. The zero-order valence-electron chi connectivity index (χ0n) is 13.6. The lowest BCUT2D eigenvalue weighted by molar-refractivity contribution is 0.0518. The molecule has 0 aliphatic heterocycles. The van der Waals surface area contributed by atoms with Crippen molar-refractivity contribution in [3.8, 4) is 0 Å². The second-order valence-corrected chi connectivity index (χ2v) is 6.11. The van der Waals surface area contributed by atoms with Crippen molar-refractivity contribution in [1.82, 2.24) is 4.57 Å². The minimum atomic E-state index is -0.582. The number of aromatic nitrogens is 1. The molecule has 0 unspecified atom stereocenters. The minimum Gasteiger partial charge on any atom is -0.462 e. The van der Waals surface area contributed by atoms with Crippen LogP contribution in [-0.2, 0) is 9.47 Å². The van der Waals surface area contributed by atoms with Crippen LogP contribution < -0.4 is 0 Å². The monoisotopic (exact) mass is 303 g/mol. The number of benzene rings is 1. The van der Waals surface area contributed by atoms with Crippen molar-refractivity contribution in [3.63, 3.8) is 0 Å². The van der Waals surface area contributed by atoms with Crippen molar-refractivity contribution < 1.29 is 19.1 Å². The molecule has 0 aliphatic carbocycles. The summed E-state index contributed by atoms with van der Waals surface area (Å²) in [5.74, 6) is -0.399. The Hall–Kier alpha value is -2.30. The van der Waals surface area contributed by atoms with Gasteiger partial charge in [-0.05, 0) is 58.4 Å². The quantitative estimate of drug-likeness (QED) is 0.789. The fourth-order valence-electron chi connectivity index (χ4n) is 2.23. The number of carbonyl (C=O) groups excluding carboxylic acids is 2. The molecule has 0 fully saturated rings. The average Bonchev–Trinajstić information content (AvgIpc) is 2.81. The molecule has 0 spiro atoms. The minimum absolute atomic E-state index is 0.309. The van der Waals surface area contributed by atoms with E-state index in [1.807, 2.05) is 33.8 Å². The fourth-order valence-corrected chi connectivity index (χ4v) is 2.23. The highest BCUT2D eigenvalue weighted by atomic mass is 16.6. The van der Waals surface area contributed by atoms with Crippen LogP contribution in [0.2, 0.25) is 0 Å².